The van der Waals surface area contributed by atoms with Crippen LogP contribution in [0.2, 0.25) is 0 Å². The van der Waals surface area contributed by atoms with Gasteiger partial charge >= 0.3 is 0 Å². The van der Waals surface area contributed by atoms with Crippen LogP contribution in [-0.2, 0) is 7.05 Å². The molecule has 0 N–H and O–H groups in total. The Bertz CT molecular complexity index is 711. The van der Waals surface area contributed by atoms with Gasteiger partial charge in [0.1, 0.15) is 5.82 Å². The zero-order valence-electron chi connectivity index (χ0n) is 10.8. The largest absolute Gasteiger partial charge is 0.327 e. The first-order valence-corrected chi connectivity index (χ1v) is 6.01. The lowest BCUT2D eigenvalue weighted by Gasteiger charge is -2.03. The van der Waals surface area contributed by atoms with Crippen LogP contribution in [0.25, 0.3) is 22.4 Å². The number of benzene rings is 1. The molecule has 0 fully saturated rings. The van der Waals surface area contributed by atoms with Crippen LogP contribution in [0, 0.1) is 13.8 Å². The summed E-state index contributed by atoms with van der Waals surface area (Å²) in [4.78, 5) is 8.77. The second kappa shape index (κ2) is 3.95. The molecule has 0 aliphatic rings. The first kappa shape index (κ1) is 11.0. The van der Waals surface area contributed by atoms with Crippen molar-refractivity contribution < 1.29 is 0 Å². The van der Waals surface area contributed by atoms with Gasteiger partial charge in [-0.05, 0) is 49.2 Å². The van der Waals surface area contributed by atoms with Gasteiger partial charge in [0, 0.05) is 25.0 Å². The molecular weight excluding hydrogens is 222 g/mol. The fraction of sp³-hybridized carbons (Fsp3) is 0.200. The molecule has 0 bridgehead atoms. The van der Waals surface area contributed by atoms with Gasteiger partial charge in [-0.2, -0.15) is 0 Å². The van der Waals surface area contributed by atoms with E-state index < -0.39 is 0 Å². The van der Waals surface area contributed by atoms with E-state index in [0.29, 0.717) is 0 Å². The number of hydrogen-bond donors (Lipinski definition) is 0. The summed E-state index contributed by atoms with van der Waals surface area (Å²) in [6, 6.07) is 8.32. The summed E-state index contributed by atoms with van der Waals surface area (Å²) in [7, 11) is 2.06. The smallest absolute Gasteiger partial charge is 0.140 e. The molecule has 0 spiro atoms. The quantitative estimate of drug-likeness (QED) is 0.650. The Kier molecular flexibility index (Phi) is 2.40. The lowest BCUT2D eigenvalue weighted by Crippen LogP contribution is -1.92. The Morgan fingerprint density at radius 1 is 1.00 bits per heavy atom. The van der Waals surface area contributed by atoms with Crippen LogP contribution in [0.15, 0.2) is 36.7 Å². The molecule has 0 unspecified atom stereocenters. The van der Waals surface area contributed by atoms with Gasteiger partial charge in [-0.1, -0.05) is 0 Å². The number of hydrogen-bond acceptors (Lipinski definition) is 2. The molecule has 0 atom stereocenters. The molecule has 90 valence electrons. The molecule has 0 aliphatic carbocycles. The summed E-state index contributed by atoms with van der Waals surface area (Å²) in [5, 5.41) is 0. The average Bonchev–Trinajstić information content (AvgIpc) is 2.69. The SMILES string of the molecule is Cc1cc2nc(-c3ccncc3)n(C)c2cc1C. The van der Waals surface area contributed by atoms with Crippen molar-refractivity contribution in [1.29, 1.82) is 0 Å². The molecule has 3 rings (SSSR count). The third-order valence-corrected chi connectivity index (χ3v) is 3.43. The van der Waals surface area contributed by atoms with E-state index in [1.54, 1.807) is 12.4 Å². The van der Waals surface area contributed by atoms with Crippen molar-refractivity contribution in [3.63, 3.8) is 0 Å². The minimum atomic E-state index is 0.984. The van der Waals surface area contributed by atoms with E-state index in [4.69, 9.17) is 4.98 Å². The summed E-state index contributed by atoms with van der Waals surface area (Å²) in [6.07, 6.45) is 3.59. The van der Waals surface area contributed by atoms with Crippen LogP contribution in [-0.4, -0.2) is 14.5 Å². The summed E-state index contributed by atoms with van der Waals surface area (Å²) in [5.74, 6) is 0.984. The van der Waals surface area contributed by atoms with Crippen molar-refractivity contribution in [2.75, 3.05) is 0 Å². The van der Waals surface area contributed by atoms with Crippen molar-refractivity contribution in [3.8, 4) is 11.4 Å². The molecule has 0 amide bonds. The maximum atomic E-state index is 4.72. The third-order valence-electron chi connectivity index (χ3n) is 3.43. The molecule has 2 aromatic heterocycles. The van der Waals surface area contributed by atoms with Crippen LogP contribution < -0.4 is 0 Å². The normalized spacial score (nSPS) is 11.1. The fourth-order valence-electron chi connectivity index (χ4n) is 2.21. The van der Waals surface area contributed by atoms with Crippen molar-refractivity contribution in [1.82, 2.24) is 14.5 Å². The van der Waals surface area contributed by atoms with E-state index in [1.807, 2.05) is 12.1 Å². The highest BCUT2D eigenvalue weighted by molar-refractivity contribution is 5.82. The van der Waals surface area contributed by atoms with Gasteiger partial charge < -0.3 is 4.57 Å². The van der Waals surface area contributed by atoms with Crippen molar-refractivity contribution in [3.05, 3.63) is 47.8 Å². The molecule has 18 heavy (non-hydrogen) atoms. The number of aromatic nitrogens is 3. The van der Waals surface area contributed by atoms with Gasteiger partial charge in [-0.15, -0.1) is 0 Å². The molecule has 0 saturated carbocycles. The third kappa shape index (κ3) is 1.59. The second-order valence-electron chi connectivity index (χ2n) is 4.66. The summed E-state index contributed by atoms with van der Waals surface area (Å²) in [5.41, 5.74) is 5.89. The average molecular weight is 237 g/mol. The predicted molar refractivity (Wildman–Crippen MR) is 73.4 cm³/mol. The van der Waals surface area contributed by atoms with E-state index in [-0.39, 0.29) is 0 Å². The Labute approximate surface area is 106 Å². The maximum Gasteiger partial charge on any atom is 0.140 e. The number of rotatable bonds is 1. The molecule has 3 heteroatoms. The van der Waals surface area contributed by atoms with Crippen LogP contribution >= 0.6 is 0 Å². The Morgan fingerprint density at radius 3 is 2.39 bits per heavy atom. The van der Waals surface area contributed by atoms with E-state index in [0.717, 1.165) is 16.9 Å². The highest BCUT2D eigenvalue weighted by Gasteiger charge is 2.10. The molecule has 1 aromatic carbocycles. The first-order chi connectivity index (χ1) is 8.66. The topological polar surface area (TPSA) is 30.7 Å². The van der Waals surface area contributed by atoms with E-state index >= 15 is 0 Å². The van der Waals surface area contributed by atoms with Crippen LogP contribution in [0.1, 0.15) is 11.1 Å². The van der Waals surface area contributed by atoms with Gasteiger partial charge in [-0.25, -0.2) is 4.98 Å². The molecule has 0 aliphatic heterocycles. The monoisotopic (exact) mass is 237 g/mol. The Balaban J connectivity index is 2.30. The predicted octanol–water partition coefficient (Wildman–Crippen LogP) is 3.25. The minimum Gasteiger partial charge on any atom is -0.327 e. The maximum absolute atomic E-state index is 4.72. The van der Waals surface area contributed by atoms with Gasteiger partial charge in [0.15, 0.2) is 0 Å². The van der Waals surface area contributed by atoms with Gasteiger partial charge in [-0.3, -0.25) is 4.98 Å². The van der Waals surface area contributed by atoms with Crippen molar-refractivity contribution >= 4 is 11.0 Å². The number of aryl methyl sites for hydroxylation is 3. The molecule has 0 saturated heterocycles. The summed E-state index contributed by atoms with van der Waals surface area (Å²) >= 11 is 0. The number of imidazole rings is 1. The van der Waals surface area contributed by atoms with Crippen molar-refractivity contribution in [2.45, 2.75) is 13.8 Å². The van der Waals surface area contributed by atoms with Crippen LogP contribution in [0.3, 0.4) is 0 Å². The van der Waals surface area contributed by atoms with Crippen LogP contribution in [0.4, 0.5) is 0 Å². The highest BCUT2D eigenvalue weighted by Crippen LogP contribution is 2.25. The number of fused-ring (bicyclic) bond motifs is 1. The van der Waals surface area contributed by atoms with Gasteiger partial charge in [0.25, 0.3) is 0 Å². The van der Waals surface area contributed by atoms with Crippen LogP contribution in [0.5, 0.6) is 0 Å². The molecule has 0 radical (unpaired) electrons. The van der Waals surface area contributed by atoms with Gasteiger partial charge in [0.2, 0.25) is 0 Å². The second-order valence-corrected chi connectivity index (χ2v) is 4.66. The summed E-state index contributed by atoms with van der Waals surface area (Å²) < 4.78 is 2.14. The highest BCUT2D eigenvalue weighted by atomic mass is 15.1. The fourth-order valence-corrected chi connectivity index (χ4v) is 2.21. The first-order valence-electron chi connectivity index (χ1n) is 6.01. The standard InChI is InChI=1S/C15H15N3/c1-10-8-13-14(9-11(10)2)18(3)15(17-13)12-4-6-16-7-5-12/h4-9H,1-3H3. The zero-order chi connectivity index (χ0) is 12.7. The lowest BCUT2D eigenvalue weighted by atomic mass is 10.1. The minimum absolute atomic E-state index is 0.984. The Morgan fingerprint density at radius 2 is 1.67 bits per heavy atom. The molecule has 3 nitrogen and oxygen atoms in total. The van der Waals surface area contributed by atoms with E-state index in [1.165, 1.54) is 16.6 Å². The van der Waals surface area contributed by atoms with Gasteiger partial charge in [0.05, 0.1) is 11.0 Å². The van der Waals surface area contributed by atoms with E-state index in [9.17, 15) is 0 Å². The van der Waals surface area contributed by atoms with Crippen molar-refractivity contribution in [2.24, 2.45) is 7.05 Å². The zero-order valence-corrected chi connectivity index (χ0v) is 10.8. The number of nitrogens with zero attached hydrogens (tertiary/aromatic N) is 3. The Hall–Kier alpha value is -2.16. The van der Waals surface area contributed by atoms with E-state index in [2.05, 4.69) is 42.6 Å². The number of pyridine rings is 1. The lowest BCUT2D eigenvalue weighted by molar-refractivity contribution is 0.958. The molecule has 3 aromatic rings. The summed E-state index contributed by atoms with van der Waals surface area (Å²) in [6.45, 7) is 4.25. The molecule has 2 heterocycles. The molecular formula is C15H15N3.